The van der Waals surface area contributed by atoms with E-state index in [-0.39, 0.29) is 18.8 Å². The van der Waals surface area contributed by atoms with E-state index in [9.17, 15) is 14.4 Å². The molecule has 0 heterocycles. The molecule has 0 spiro atoms. The first kappa shape index (κ1) is 17.4. The van der Waals surface area contributed by atoms with Gasteiger partial charge in [0.25, 0.3) is 0 Å². The van der Waals surface area contributed by atoms with Gasteiger partial charge in [-0.2, -0.15) is 0 Å². The second-order valence-corrected chi connectivity index (χ2v) is 4.75. The lowest BCUT2D eigenvalue weighted by atomic mass is 10.0. The Hall–Kier alpha value is -1.63. The Morgan fingerprint density at radius 2 is 1.89 bits per heavy atom. The van der Waals surface area contributed by atoms with Crippen LogP contribution in [0.5, 0.6) is 0 Å². The highest BCUT2D eigenvalue weighted by Gasteiger charge is 2.24. The normalized spacial score (nSPS) is 13.7. The number of rotatable bonds is 8. The lowest BCUT2D eigenvalue weighted by molar-refractivity contribution is -0.144. The van der Waals surface area contributed by atoms with E-state index in [0.29, 0.717) is 6.42 Å². The third kappa shape index (κ3) is 7.40. The average molecular weight is 274 g/mol. The summed E-state index contributed by atoms with van der Waals surface area (Å²) >= 11 is 0. The van der Waals surface area contributed by atoms with Crippen LogP contribution in [0, 0.1) is 5.92 Å². The summed E-state index contributed by atoms with van der Waals surface area (Å²) in [5.41, 5.74) is 5.65. The Morgan fingerprint density at radius 1 is 1.32 bits per heavy atom. The molecule has 0 aromatic carbocycles. The van der Waals surface area contributed by atoms with Crippen molar-refractivity contribution in [2.75, 3.05) is 7.11 Å². The minimum atomic E-state index is -1.20. The van der Waals surface area contributed by atoms with Crippen molar-refractivity contribution in [1.82, 2.24) is 5.32 Å². The van der Waals surface area contributed by atoms with Gasteiger partial charge in [0.2, 0.25) is 5.91 Å². The summed E-state index contributed by atoms with van der Waals surface area (Å²) in [5, 5.41) is 11.3. The molecule has 0 aliphatic carbocycles. The molecule has 2 atom stereocenters. The molecule has 19 heavy (non-hydrogen) atoms. The maximum Gasteiger partial charge on any atom is 0.326 e. The highest BCUT2D eigenvalue weighted by molar-refractivity contribution is 5.87. The molecule has 0 aromatic rings. The van der Waals surface area contributed by atoms with Crippen LogP contribution < -0.4 is 11.1 Å². The van der Waals surface area contributed by atoms with Crippen LogP contribution in [0.15, 0.2) is 0 Å². The molecular formula is C12H22N2O5. The number of carbonyl (C=O) groups is 3. The number of aliphatic carboxylic acids is 1. The molecule has 0 aliphatic heterocycles. The van der Waals surface area contributed by atoms with E-state index in [1.165, 1.54) is 7.11 Å². The smallest absolute Gasteiger partial charge is 0.326 e. The van der Waals surface area contributed by atoms with E-state index in [1.807, 2.05) is 13.8 Å². The number of nitrogens with two attached hydrogens (primary N) is 1. The largest absolute Gasteiger partial charge is 0.480 e. The first-order valence-electron chi connectivity index (χ1n) is 6.13. The van der Waals surface area contributed by atoms with Gasteiger partial charge >= 0.3 is 11.9 Å². The van der Waals surface area contributed by atoms with Crippen molar-refractivity contribution in [3.05, 3.63) is 0 Å². The van der Waals surface area contributed by atoms with Crippen molar-refractivity contribution < 1.29 is 24.2 Å². The lowest BCUT2D eigenvalue weighted by Crippen LogP contribution is -2.48. The second kappa shape index (κ2) is 8.47. The lowest BCUT2D eigenvalue weighted by Gasteiger charge is -2.18. The van der Waals surface area contributed by atoms with E-state index in [1.54, 1.807) is 0 Å². The fraction of sp³-hybridized carbons (Fsp3) is 0.750. The molecule has 0 fully saturated rings. The molecule has 1 amide bonds. The first-order chi connectivity index (χ1) is 8.77. The third-order valence-electron chi connectivity index (χ3n) is 2.54. The molecule has 0 unspecified atom stereocenters. The van der Waals surface area contributed by atoms with Gasteiger partial charge in [0.05, 0.1) is 13.2 Å². The van der Waals surface area contributed by atoms with E-state index in [2.05, 4.69) is 10.1 Å². The minimum Gasteiger partial charge on any atom is -0.480 e. The van der Waals surface area contributed by atoms with Crippen LogP contribution in [-0.4, -0.2) is 42.1 Å². The highest BCUT2D eigenvalue weighted by atomic mass is 16.5. The number of amides is 1. The Bertz CT molecular complexity index is 330. The summed E-state index contributed by atoms with van der Waals surface area (Å²) in [5.74, 6) is -2.01. The molecule has 0 aliphatic rings. The summed E-state index contributed by atoms with van der Waals surface area (Å²) < 4.78 is 4.42. The van der Waals surface area contributed by atoms with E-state index in [4.69, 9.17) is 10.8 Å². The Balaban J connectivity index is 4.37. The van der Waals surface area contributed by atoms with Crippen molar-refractivity contribution in [3.63, 3.8) is 0 Å². The van der Waals surface area contributed by atoms with Crippen LogP contribution in [0.25, 0.3) is 0 Å². The van der Waals surface area contributed by atoms with Crippen molar-refractivity contribution >= 4 is 17.8 Å². The van der Waals surface area contributed by atoms with Gasteiger partial charge in [-0.05, 0) is 18.8 Å². The summed E-state index contributed by atoms with van der Waals surface area (Å²) in [6.07, 6.45) is 0.366. The van der Waals surface area contributed by atoms with E-state index < -0.39 is 29.9 Å². The first-order valence-corrected chi connectivity index (χ1v) is 6.13. The number of hydrogen-bond donors (Lipinski definition) is 3. The van der Waals surface area contributed by atoms with Crippen LogP contribution in [0.1, 0.15) is 33.1 Å². The van der Waals surface area contributed by atoms with Crippen LogP contribution in [0.2, 0.25) is 0 Å². The van der Waals surface area contributed by atoms with Gasteiger partial charge in [0.1, 0.15) is 6.04 Å². The maximum absolute atomic E-state index is 11.7. The number of carbonyl (C=O) groups excluding carboxylic acids is 2. The molecule has 0 saturated carbocycles. The predicted octanol–water partition coefficient (Wildman–Crippen LogP) is -0.118. The van der Waals surface area contributed by atoms with Crippen molar-refractivity contribution in [2.45, 2.75) is 45.2 Å². The quantitative estimate of drug-likeness (QED) is 0.531. The summed E-state index contributed by atoms with van der Waals surface area (Å²) in [6.45, 7) is 3.83. The monoisotopic (exact) mass is 274 g/mol. The van der Waals surface area contributed by atoms with Gasteiger partial charge < -0.3 is 20.9 Å². The van der Waals surface area contributed by atoms with Crippen LogP contribution >= 0.6 is 0 Å². The maximum atomic E-state index is 11.7. The predicted molar refractivity (Wildman–Crippen MR) is 68.2 cm³/mol. The van der Waals surface area contributed by atoms with Crippen LogP contribution in [0.3, 0.4) is 0 Å². The van der Waals surface area contributed by atoms with Gasteiger partial charge in [-0.25, -0.2) is 4.79 Å². The molecule has 0 aromatic heterocycles. The molecule has 0 bridgehead atoms. The molecule has 0 saturated heterocycles. The number of ether oxygens (including phenoxy) is 1. The fourth-order valence-electron chi connectivity index (χ4n) is 1.52. The number of carboxylic acid groups (broad SMARTS) is 1. The van der Waals surface area contributed by atoms with E-state index in [0.717, 1.165) is 0 Å². The molecule has 7 nitrogen and oxygen atoms in total. The summed E-state index contributed by atoms with van der Waals surface area (Å²) in [7, 11) is 1.22. The third-order valence-corrected chi connectivity index (χ3v) is 2.54. The van der Waals surface area contributed by atoms with E-state index >= 15 is 0 Å². The minimum absolute atomic E-state index is 0.0256. The van der Waals surface area contributed by atoms with Gasteiger partial charge in [-0.3, -0.25) is 9.59 Å². The molecule has 4 N–H and O–H groups in total. The Morgan fingerprint density at radius 3 is 2.32 bits per heavy atom. The van der Waals surface area contributed by atoms with Crippen molar-refractivity contribution in [3.8, 4) is 0 Å². The number of nitrogens with one attached hydrogen (secondary N) is 1. The zero-order valence-electron chi connectivity index (χ0n) is 11.5. The number of methoxy groups -OCH3 is 1. The molecule has 0 rings (SSSR count). The molecule has 0 radical (unpaired) electrons. The number of esters is 1. The zero-order valence-corrected chi connectivity index (χ0v) is 11.5. The number of hydrogen-bond acceptors (Lipinski definition) is 5. The molecule has 110 valence electrons. The summed E-state index contributed by atoms with van der Waals surface area (Å²) in [4.78, 5) is 33.6. The molecular weight excluding hydrogens is 252 g/mol. The fourth-order valence-corrected chi connectivity index (χ4v) is 1.52. The number of carboxylic acids is 1. The summed E-state index contributed by atoms with van der Waals surface area (Å²) in [6, 6.07) is -1.88. The van der Waals surface area contributed by atoms with Gasteiger partial charge in [-0.1, -0.05) is 13.8 Å². The average Bonchev–Trinajstić information content (AvgIpc) is 2.32. The highest BCUT2D eigenvalue weighted by Crippen LogP contribution is 2.05. The Labute approximate surface area is 112 Å². The van der Waals surface area contributed by atoms with Crippen molar-refractivity contribution in [2.24, 2.45) is 11.7 Å². The standard InChI is InChI=1S/C12H22N2O5/c1-7(2)6-8(13)11(16)14-9(12(17)18)4-5-10(15)19-3/h7-9H,4-6,13H2,1-3H3,(H,14,16)(H,17,18)/t8-,9+/m1/s1. The molecule has 7 heteroatoms. The van der Waals surface area contributed by atoms with Crippen LogP contribution in [0.4, 0.5) is 0 Å². The topological polar surface area (TPSA) is 119 Å². The zero-order chi connectivity index (χ0) is 15.0. The van der Waals surface area contributed by atoms with Crippen molar-refractivity contribution in [1.29, 1.82) is 0 Å². The SMILES string of the molecule is COC(=O)CC[C@H](NC(=O)[C@H](N)CC(C)C)C(=O)O. The van der Waals surface area contributed by atoms with Gasteiger partial charge in [0.15, 0.2) is 0 Å². The van der Waals surface area contributed by atoms with Gasteiger partial charge in [-0.15, -0.1) is 0 Å². The Kier molecular flexibility index (Phi) is 7.74. The van der Waals surface area contributed by atoms with Crippen LogP contribution in [-0.2, 0) is 19.1 Å². The second-order valence-electron chi connectivity index (χ2n) is 4.75. The van der Waals surface area contributed by atoms with Gasteiger partial charge in [0, 0.05) is 6.42 Å².